The standard InChI is InChI=1S/C26H30N4O5S/c1-35-26(32)24(16-19-9-13-22(28)14-10-19)29-25(31)23(15-18-7-11-21(27)12-8-18)30-36(33,34)17-20-5-3-2-4-6-20/h2-14,23-24,30H,15-17,27-28H2,1H3,(H,29,31). The number of carbonyl (C=O) groups excluding carboxylic acids is 2. The van der Waals surface area contributed by atoms with Crippen LogP contribution in [0, 0.1) is 0 Å². The van der Waals surface area contributed by atoms with Gasteiger partial charge in [0.05, 0.1) is 12.9 Å². The maximum atomic E-state index is 13.3. The maximum Gasteiger partial charge on any atom is 0.328 e. The summed E-state index contributed by atoms with van der Waals surface area (Å²) < 4.78 is 33.3. The van der Waals surface area contributed by atoms with Gasteiger partial charge >= 0.3 is 5.97 Å². The first kappa shape index (κ1) is 26.7. The molecule has 9 nitrogen and oxygen atoms in total. The quantitative estimate of drug-likeness (QED) is 0.226. The topological polar surface area (TPSA) is 154 Å². The molecule has 1 amide bonds. The van der Waals surface area contributed by atoms with Gasteiger partial charge in [-0.15, -0.1) is 0 Å². The van der Waals surface area contributed by atoms with Crippen LogP contribution in [0.4, 0.5) is 11.4 Å². The van der Waals surface area contributed by atoms with Crippen molar-refractivity contribution in [1.29, 1.82) is 0 Å². The Morgan fingerprint density at radius 3 is 1.78 bits per heavy atom. The molecule has 2 atom stereocenters. The van der Waals surface area contributed by atoms with Gasteiger partial charge in [0.2, 0.25) is 15.9 Å². The Morgan fingerprint density at radius 2 is 1.28 bits per heavy atom. The fourth-order valence-electron chi connectivity index (χ4n) is 3.63. The Kier molecular flexibility index (Phi) is 9.04. The number of ether oxygens (including phenoxy) is 1. The van der Waals surface area contributed by atoms with Crippen molar-refractivity contribution in [3.8, 4) is 0 Å². The van der Waals surface area contributed by atoms with Crippen LogP contribution in [0.15, 0.2) is 78.9 Å². The Bertz CT molecular complexity index is 1260. The SMILES string of the molecule is COC(=O)C(Cc1ccc(N)cc1)NC(=O)C(Cc1ccc(N)cc1)NS(=O)(=O)Cc1ccccc1. The molecule has 0 bridgehead atoms. The van der Waals surface area contributed by atoms with Crippen LogP contribution in [0.1, 0.15) is 16.7 Å². The number of sulfonamides is 1. The van der Waals surface area contributed by atoms with Crippen molar-refractivity contribution in [2.75, 3.05) is 18.6 Å². The summed E-state index contributed by atoms with van der Waals surface area (Å²) in [6.45, 7) is 0. The van der Waals surface area contributed by atoms with Crippen LogP contribution in [-0.4, -0.2) is 39.5 Å². The van der Waals surface area contributed by atoms with Crippen molar-refractivity contribution in [1.82, 2.24) is 10.0 Å². The van der Waals surface area contributed by atoms with E-state index in [0.29, 0.717) is 22.5 Å². The Hall–Kier alpha value is -3.89. The molecule has 0 heterocycles. The van der Waals surface area contributed by atoms with Gasteiger partial charge in [0.25, 0.3) is 0 Å². The first-order valence-corrected chi connectivity index (χ1v) is 12.9. The lowest BCUT2D eigenvalue weighted by atomic mass is 10.0. The van der Waals surface area contributed by atoms with Gasteiger partial charge in [0.1, 0.15) is 12.1 Å². The highest BCUT2D eigenvalue weighted by Crippen LogP contribution is 2.13. The zero-order valence-corrected chi connectivity index (χ0v) is 20.7. The minimum atomic E-state index is -3.90. The molecule has 2 unspecified atom stereocenters. The monoisotopic (exact) mass is 510 g/mol. The van der Waals surface area contributed by atoms with E-state index in [9.17, 15) is 18.0 Å². The number of esters is 1. The molecule has 3 aromatic rings. The van der Waals surface area contributed by atoms with E-state index in [2.05, 4.69) is 10.0 Å². The number of nitrogens with two attached hydrogens (primary N) is 2. The molecule has 6 N–H and O–H groups in total. The second kappa shape index (κ2) is 12.2. The molecular weight excluding hydrogens is 480 g/mol. The number of methoxy groups -OCH3 is 1. The summed E-state index contributed by atoms with van der Waals surface area (Å²) >= 11 is 0. The van der Waals surface area contributed by atoms with E-state index < -0.39 is 34.0 Å². The lowest BCUT2D eigenvalue weighted by molar-refractivity contribution is -0.145. The summed E-state index contributed by atoms with van der Waals surface area (Å²) in [4.78, 5) is 25.8. The predicted molar refractivity (Wildman–Crippen MR) is 139 cm³/mol. The molecule has 3 rings (SSSR count). The summed E-state index contributed by atoms with van der Waals surface area (Å²) in [7, 11) is -2.68. The van der Waals surface area contributed by atoms with E-state index in [1.165, 1.54) is 7.11 Å². The second-order valence-electron chi connectivity index (χ2n) is 8.39. The molecule has 10 heteroatoms. The summed E-state index contributed by atoms with van der Waals surface area (Å²) in [5.74, 6) is -1.61. The number of anilines is 2. The fraction of sp³-hybridized carbons (Fsp3) is 0.231. The average Bonchev–Trinajstić information content (AvgIpc) is 2.85. The average molecular weight is 511 g/mol. The van der Waals surface area contributed by atoms with Crippen LogP contribution >= 0.6 is 0 Å². The van der Waals surface area contributed by atoms with Crippen LogP contribution in [-0.2, 0) is 42.9 Å². The van der Waals surface area contributed by atoms with Crippen molar-refractivity contribution >= 4 is 33.3 Å². The molecule has 0 fully saturated rings. The highest BCUT2D eigenvalue weighted by atomic mass is 32.2. The number of nitrogens with one attached hydrogen (secondary N) is 2. The van der Waals surface area contributed by atoms with E-state index in [-0.39, 0.29) is 18.6 Å². The highest BCUT2D eigenvalue weighted by molar-refractivity contribution is 7.88. The largest absolute Gasteiger partial charge is 0.467 e. The van der Waals surface area contributed by atoms with Crippen LogP contribution in [0.3, 0.4) is 0 Å². The molecule has 0 spiro atoms. The molecule has 0 aliphatic rings. The lowest BCUT2D eigenvalue weighted by Crippen LogP contribution is -2.53. The van der Waals surface area contributed by atoms with Gasteiger partial charge in [-0.2, -0.15) is 0 Å². The van der Waals surface area contributed by atoms with Crippen molar-refractivity contribution in [3.05, 3.63) is 95.6 Å². The smallest absolute Gasteiger partial charge is 0.328 e. The van der Waals surface area contributed by atoms with Crippen molar-refractivity contribution in [3.63, 3.8) is 0 Å². The van der Waals surface area contributed by atoms with Gasteiger partial charge in [-0.1, -0.05) is 54.6 Å². The van der Waals surface area contributed by atoms with E-state index in [4.69, 9.17) is 16.2 Å². The van der Waals surface area contributed by atoms with E-state index in [1.54, 1.807) is 78.9 Å². The minimum Gasteiger partial charge on any atom is -0.467 e. The Morgan fingerprint density at radius 1 is 0.778 bits per heavy atom. The van der Waals surface area contributed by atoms with Gasteiger partial charge < -0.3 is 21.5 Å². The summed E-state index contributed by atoms with van der Waals surface area (Å²) in [6, 6.07) is 20.1. The highest BCUT2D eigenvalue weighted by Gasteiger charge is 2.29. The Balaban J connectivity index is 1.82. The summed E-state index contributed by atoms with van der Waals surface area (Å²) in [6.07, 6.45) is 0.194. The molecule has 36 heavy (non-hydrogen) atoms. The molecule has 0 aliphatic carbocycles. The summed E-state index contributed by atoms with van der Waals surface area (Å²) in [5.41, 5.74) is 14.6. The van der Waals surface area contributed by atoms with Crippen LogP contribution < -0.4 is 21.5 Å². The molecule has 0 saturated carbocycles. The zero-order chi connectivity index (χ0) is 26.1. The van der Waals surface area contributed by atoms with Crippen LogP contribution in [0.5, 0.6) is 0 Å². The van der Waals surface area contributed by atoms with E-state index in [0.717, 1.165) is 5.56 Å². The number of rotatable bonds is 11. The first-order valence-electron chi connectivity index (χ1n) is 11.3. The van der Waals surface area contributed by atoms with E-state index in [1.807, 2.05) is 0 Å². The normalized spacial score (nSPS) is 12.9. The van der Waals surface area contributed by atoms with Gasteiger partial charge in [-0.3, -0.25) is 4.79 Å². The number of nitrogen functional groups attached to an aromatic ring is 2. The number of amides is 1. The van der Waals surface area contributed by atoms with Gasteiger partial charge in [-0.05, 0) is 47.4 Å². The number of hydrogen-bond acceptors (Lipinski definition) is 7. The first-order chi connectivity index (χ1) is 17.1. The molecule has 0 radical (unpaired) electrons. The third-order valence-electron chi connectivity index (χ3n) is 5.48. The van der Waals surface area contributed by atoms with Crippen LogP contribution in [0.25, 0.3) is 0 Å². The van der Waals surface area contributed by atoms with E-state index >= 15 is 0 Å². The van der Waals surface area contributed by atoms with Crippen molar-refractivity contribution < 1.29 is 22.7 Å². The van der Waals surface area contributed by atoms with Gasteiger partial charge in [-0.25, -0.2) is 17.9 Å². The minimum absolute atomic E-state index is 0.0515. The van der Waals surface area contributed by atoms with Gasteiger partial charge in [0.15, 0.2) is 0 Å². The van der Waals surface area contributed by atoms with Crippen molar-refractivity contribution in [2.24, 2.45) is 0 Å². The number of benzene rings is 3. The third-order valence-corrected chi connectivity index (χ3v) is 6.84. The molecular formula is C26H30N4O5S. The molecule has 0 aliphatic heterocycles. The van der Waals surface area contributed by atoms with Crippen LogP contribution in [0.2, 0.25) is 0 Å². The lowest BCUT2D eigenvalue weighted by Gasteiger charge is -2.22. The van der Waals surface area contributed by atoms with Crippen molar-refractivity contribution in [2.45, 2.75) is 30.7 Å². The number of hydrogen-bond donors (Lipinski definition) is 4. The molecule has 0 aromatic heterocycles. The predicted octanol–water partition coefficient (Wildman–Crippen LogP) is 1.78. The maximum absolute atomic E-state index is 13.3. The fourth-order valence-corrected chi connectivity index (χ4v) is 4.97. The zero-order valence-electron chi connectivity index (χ0n) is 19.9. The van der Waals surface area contributed by atoms with Gasteiger partial charge in [0, 0.05) is 17.8 Å². The third kappa shape index (κ3) is 8.10. The molecule has 190 valence electrons. The Labute approximate surface area is 210 Å². The molecule has 0 saturated heterocycles. The summed E-state index contributed by atoms with van der Waals surface area (Å²) in [5, 5.41) is 2.65. The molecule has 3 aromatic carbocycles. The second-order valence-corrected chi connectivity index (χ2v) is 10.1. The number of carbonyl (C=O) groups is 2.